The number of nitrogens with one attached hydrogen (secondary N) is 1. The molecule has 1 amide bonds. The van der Waals surface area contributed by atoms with E-state index in [9.17, 15) is 4.79 Å². The Balaban J connectivity index is 2.35. The maximum absolute atomic E-state index is 11.3. The highest BCUT2D eigenvalue weighted by atomic mass is 16.2. The molecule has 15 heavy (non-hydrogen) atoms. The maximum atomic E-state index is 11.3. The Labute approximate surface area is 90.3 Å². The summed E-state index contributed by atoms with van der Waals surface area (Å²) in [5.74, 6) is 0.941. The molecule has 0 unspecified atom stereocenters. The molecule has 1 aromatic heterocycles. The molecule has 0 saturated heterocycles. The zero-order valence-corrected chi connectivity index (χ0v) is 9.45. The number of hydrogen-bond donors (Lipinski definition) is 1. The van der Waals surface area contributed by atoms with Crippen LogP contribution in [0.25, 0.3) is 0 Å². The van der Waals surface area contributed by atoms with Crippen molar-refractivity contribution in [3.63, 3.8) is 0 Å². The van der Waals surface area contributed by atoms with Crippen LogP contribution in [0.15, 0.2) is 18.3 Å². The first-order valence-corrected chi connectivity index (χ1v) is 4.96. The van der Waals surface area contributed by atoms with Crippen LogP contribution in [0.5, 0.6) is 0 Å². The Bertz CT molecular complexity index is 336. The summed E-state index contributed by atoms with van der Waals surface area (Å²) >= 11 is 0. The third-order valence-electron chi connectivity index (χ3n) is 2.06. The number of rotatable bonds is 4. The minimum absolute atomic E-state index is 0.121. The van der Waals surface area contributed by atoms with Crippen LogP contribution in [-0.2, 0) is 4.79 Å². The molecule has 0 spiro atoms. The number of aromatic nitrogens is 1. The fraction of sp³-hybridized carbons (Fsp3) is 0.455. The lowest BCUT2D eigenvalue weighted by atomic mass is 10.3. The Morgan fingerprint density at radius 3 is 2.87 bits per heavy atom. The van der Waals surface area contributed by atoms with Gasteiger partial charge in [0.25, 0.3) is 0 Å². The fourth-order valence-corrected chi connectivity index (χ4v) is 1.15. The molecule has 1 N–H and O–H groups in total. The van der Waals surface area contributed by atoms with Crippen LogP contribution >= 0.6 is 0 Å². The van der Waals surface area contributed by atoms with Crippen LogP contribution in [-0.4, -0.2) is 36.4 Å². The molecule has 0 atom stereocenters. The lowest BCUT2D eigenvalue weighted by molar-refractivity contribution is -0.128. The van der Waals surface area contributed by atoms with Crippen molar-refractivity contribution >= 4 is 11.7 Å². The Morgan fingerprint density at radius 2 is 2.27 bits per heavy atom. The van der Waals surface area contributed by atoms with E-state index in [2.05, 4.69) is 10.3 Å². The maximum Gasteiger partial charge on any atom is 0.223 e. The summed E-state index contributed by atoms with van der Waals surface area (Å²) in [6, 6.07) is 3.90. The molecular formula is C11H17N3O. The number of carbonyl (C=O) groups is 1. The van der Waals surface area contributed by atoms with Crippen molar-refractivity contribution in [2.24, 2.45) is 0 Å². The third kappa shape index (κ3) is 3.97. The predicted octanol–water partition coefficient (Wildman–Crippen LogP) is 1.28. The third-order valence-corrected chi connectivity index (χ3v) is 2.06. The van der Waals surface area contributed by atoms with E-state index in [1.165, 1.54) is 0 Å². The number of pyridine rings is 1. The lowest BCUT2D eigenvalue weighted by Crippen LogP contribution is -2.24. The molecule has 4 nitrogen and oxygen atoms in total. The van der Waals surface area contributed by atoms with Gasteiger partial charge in [0.15, 0.2) is 0 Å². The summed E-state index contributed by atoms with van der Waals surface area (Å²) in [6.07, 6.45) is 2.24. The van der Waals surface area contributed by atoms with Gasteiger partial charge in [-0.15, -0.1) is 0 Å². The van der Waals surface area contributed by atoms with Crippen molar-refractivity contribution < 1.29 is 4.79 Å². The largest absolute Gasteiger partial charge is 0.370 e. The van der Waals surface area contributed by atoms with Crippen molar-refractivity contribution in [3.05, 3.63) is 23.9 Å². The second kappa shape index (κ2) is 5.34. The molecule has 0 aliphatic heterocycles. The molecule has 0 aromatic carbocycles. The normalized spacial score (nSPS) is 9.80. The van der Waals surface area contributed by atoms with Crippen molar-refractivity contribution in [1.29, 1.82) is 0 Å². The van der Waals surface area contributed by atoms with Gasteiger partial charge in [0.2, 0.25) is 5.91 Å². The molecule has 0 fully saturated rings. The van der Waals surface area contributed by atoms with Crippen molar-refractivity contribution in [2.45, 2.75) is 13.3 Å². The van der Waals surface area contributed by atoms with Gasteiger partial charge < -0.3 is 10.2 Å². The van der Waals surface area contributed by atoms with Gasteiger partial charge in [0, 0.05) is 33.3 Å². The summed E-state index contributed by atoms with van der Waals surface area (Å²) in [4.78, 5) is 17.0. The predicted molar refractivity (Wildman–Crippen MR) is 60.8 cm³/mol. The van der Waals surface area contributed by atoms with Crippen LogP contribution in [0.4, 0.5) is 5.82 Å². The van der Waals surface area contributed by atoms with Gasteiger partial charge in [-0.2, -0.15) is 0 Å². The number of amides is 1. The molecule has 4 heteroatoms. The topological polar surface area (TPSA) is 45.2 Å². The second-order valence-corrected chi connectivity index (χ2v) is 3.68. The molecule has 0 saturated carbocycles. The van der Waals surface area contributed by atoms with Gasteiger partial charge in [-0.3, -0.25) is 4.79 Å². The van der Waals surface area contributed by atoms with E-state index in [0.29, 0.717) is 13.0 Å². The van der Waals surface area contributed by atoms with Crippen LogP contribution in [0.2, 0.25) is 0 Å². The first kappa shape index (κ1) is 11.5. The number of carbonyl (C=O) groups excluding carboxylic acids is 1. The molecular weight excluding hydrogens is 190 g/mol. The summed E-state index contributed by atoms with van der Waals surface area (Å²) < 4.78 is 0. The van der Waals surface area contributed by atoms with Gasteiger partial charge in [-0.25, -0.2) is 4.98 Å². The lowest BCUT2D eigenvalue weighted by Gasteiger charge is -2.10. The Morgan fingerprint density at radius 1 is 1.53 bits per heavy atom. The summed E-state index contributed by atoms with van der Waals surface area (Å²) in [6.45, 7) is 2.63. The van der Waals surface area contributed by atoms with Crippen LogP contribution in [0, 0.1) is 6.92 Å². The van der Waals surface area contributed by atoms with E-state index in [1.54, 1.807) is 25.2 Å². The van der Waals surface area contributed by atoms with Crippen LogP contribution < -0.4 is 5.32 Å². The highest BCUT2D eigenvalue weighted by Crippen LogP contribution is 2.04. The number of aryl methyl sites for hydroxylation is 1. The van der Waals surface area contributed by atoms with Crippen molar-refractivity contribution in [2.75, 3.05) is 26.0 Å². The van der Waals surface area contributed by atoms with Crippen LogP contribution in [0.1, 0.15) is 12.0 Å². The van der Waals surface area contributed by atoms with E-state index >= 15 is 0 Å². The molecule has 1 aromatic rings. The van der Waals surface area contributed by atoms with Gasteiger partial charge in [-0.1, -0.05) is 0 Å². The minimum atomic E-state index is 0.121. The Kier molecular flexibility index (Phi) is 4.09. The molecule has 1 heterocycles. The first-order valence-electron chi connectivity index (χ1n) is 4.96. The molecule has 82 valence electrons. The summed E-state index contributed by atoms with van der Waals surface area (Å²) in [7, 11) is 3.51. The molecule has 0 aliphatic carbocycles. The second-order valence-electron chi connectivity index (χ2n) is 3.68. The smallest absolute Gasteiger partial charge is 0.223 e. The number of hydrogen-bond acceptors (Lipinski definition) is 3. The first-order chi connectivity index (χ1) is 7.09. The van der Waals surface area contributed by atoms with Crippen molar-refractivity contribution in [1.82, 2.24) is 9.88 Å². The van der Waals surface area contributed by atoms with E-state index < -0.39 is 0 Å². The highest BCUT2D eigenvalue weighted by molar-refractivity contribution is 5.76. The molecule has 0 bridgehead atoms. The quantitative estimate of drug-likeness (QED) is 0.809. The summed E-state index contributed by atoms with van der Waals surface area (Å²) in [5.41, 5.74) is 1.16. The van der Waals surface area contributed by atoms with Crippen LogP contribution in [0.3, 0.4) is 0 Å². The average Bonchev–Trinajstić information content (AvgIpc) is 2.17. The molecule has 1 rings (SSSR count). The standard InChI is InChI=1S/C11H17N3O/c1-9-4-6-12-10(8-9)13-7-5-11(15)14(2)3/h4,6,8H,5,7H2,1-3H3,(H,12,13). The van der Waals surface area contributed by atoms with Gasteiger partial charge in [0.1, 0.15) is 5.82 Å². The minimum Gasteiger partial charge on any atom is -0.370 e. The monoisotopic (exact) mass is 207 g/mol. The fourth-order valence-electron chi connectivity index (χ4n) is 1.15. The zero-order chi connectivity index (χ0) is 11.3. The molecule has 0 radical (unpaired) electrons. The average molecular weight is 207 g/mol. The van der Waals surface area contributed by atoms with E-state index in [1.807, 2.05) is 19.1 Å². The number of anilines is 1. The van der Waals surface area contributed by atoms with E-state index in [0.717, 1.165) is 11.4 Å². The number of nitrogens with zero attached hydrogens (tertiary/aromatic N) is 2. The zero-order valence-electron chi connectivity index (χ0n) is 9.45. The van der Waals surface area contributed by atoms with Gasteiger partial charge in [0.05, 0.1) is 0 Å². The molecule has 0 aliphatic rings. The highest BCUT2D eigenvalue weighted by Gasteiger charge is 2.02. The van der Waals surface area contributed by atoms with E-state index in [-0.39, 0.29) is 5.91 Å². The van der Waals surface area contributed by atoms with Gasteiger partial charge >= 0.3 is 0 Å². The Hall–Kier alpha value is -1.58. The van der Waals surface area contributed by atoms with Gasteiger partial charge in [-0.05, 0) is 24.6 Å². The van der Waals surface area contributed by atoms with E-state index in [4.69, 9.17) is 0 Å². The summed E-state index contributed by atoms with van der Waals surface area (Å²) in [5, 5.41) is 3.11. The SMILES string of the molecule is Cc1ccnc(NCCC(=O)N(C)C)c1. The van der Waals surface area contributed by atoms with Crippen molar-refractivity contribution in [3.8, 4) is 0 Å².